The molecule has 2 fully saturated rings. The Morgan fingerprint density at radius 3 is 2.39 bits per heavy atom. The van der Waals surface area contributed by atoms with Crippen molar-refractivity contribution in [3.63, 3.8) is 0 Å². The van der Waals surface area contributed by atoms with Gasteiger partial charge in [0.2, 0.25) is 0 Å². The van der Waals surface area contributed by atoms with Crippen molar-refractivity contribution in [2.75, 3.05) is 16.3 Å². The number of nitrogens with zero attached hydrogens (tertiary/aromatic N) is 2. The Morgan fingerprint density at radius 1 is 1.00 bits per heavy atom. The minimum Gasteiger partial charge on any atom is -0.386 e. The van der Waals surface area contributed by atoms with E-state index in [2.05, 4.69) is 0 Å². The van der Waals surface area contributed by atoms with E-state index in [-0.39, 0.29) is 30.7 Å². The van der Waals surface area contributed by atoms with Crippen LogP contribution in [0.5, 0.6) is 0 Å². The third kappa shape index (κ3) is 3.14. The lowest BCUT2D eigenvalue weighted by atomic mass is 9.69. The van der Waals surface area contributed by atoms with Gasteiger partial charge in [0.15, 0.2) is 11.3 Å². The molecule has 2 aromatic rings. The number of rotatable bonds is 2. The van der Waals surface area contributed by atoms with Crippen molar-refractivity contribution < 1.29 is 19.1 Å². The summed E-state index contributed by atoms with van der Waals surface area (Å²) in [7, 11) is 0. The highest BCUT2D eigenvalue weighted by atomic mass is 19.1. The number of Topliss-reactive ketones (excluding diaryl/α,β-unsaturated/α-hetero) is 1. The van der Waals surface area contributed by atoms with Gasteiger partial charge in [-0.25, -0.2) is 4.39 Å². The Balaban J connectivity index is 1.79. The zero-order valence-electron chi connectivity index (χ0n) is 19.5. The standard InChI is InChI=1S/C27H31FN2O3/c1-17-9-11-23(18(2)13-17)29-16-21(31)15-26(3,33)27(29)22-14-19(28)10-12-24(22)30(25(27)32)20-7-5-4-6-8-20/h9-14,20,33H,4-8,15-16H2,1-3H3/t26-,27?/m0/s1. The van der Waals surface area contributed by atoms with Gasteiger partial charge >= 0.3 is 0 Å². The van der Waals surface area contributed by atoms with Gasteiger partial charge in [0.05, 0.1) is 12.2 Å². The van der Waals surface area contributed by atoms with Crippen LogP contribution in [0.25, 0.3) is 0 Å². The van der Waals surface area contributed by atoms with Crippen molar-refractivity contribution >= 4 is 23.1 Å². The molecule has 0 bridgehead atoms. The number of aliphatic hydroxyl groups is 1. The van der Waals surface area contributed by atoms with Crippen LogP contribution in [0, 0.1) is 19.7 Å². The molecule has 2 atom stereocenters. The lowest BCUT2D eigenvalue weighted by Crippen LogP contribution is -2.71. The number of benzene rings is 2. The zero-order chi connectivity index (χ0) is 23.5. The first-order valence-corrected chi connectivity index (χ1v) is 11.9. The summed E-state index contributed by atoms with van der Waals surface area (Å²) in [6.07, 6.45) is 4.81. The van der Waals surface area contributed by atoms with Gasteiger partial charge in [-0.2, -0.15) is 0 Å². The highest BCUT2D eigenvalue weighted by molar-refractivity contribution is 6.13. The molecule has 1 saturated carbocycles. The highest BCUT2D eigenvalue weighted by Crippen LogP contribution is 2.56. The van der Waals surface area contributed by atoms with Crippen molar-refractivity contribution in [1.82, 2.24) is 0 Å². The Labute approximate surface area is 194 Å². The number of hydrogen-bond donors (Lipinski definition) is 1. The number of amides is 1. The lowest BCUT2D eigenvalue weighted by Gasteiger charge is -2.53. The van der Waals surface area contributed by atoms with Crippen LogP contribution >= 0.6 is 0 Å². The quantitative estimate of drug-likeness (QED) is 0.729. The molecule has 2 heterocycles. The first-order valence-electron chi connectivity index (χ1n) is 11.9. The van der Waals surface area contributed by atoms with Crippen LogP contribution in [0.1, 0.15) is 62.1 Å². The maximum atomic E-state index is 14.7. The largest absolute Gasteiger partial charge is 0.386 e. The molecular formula is C27H31FN2O3. The van der Waals surface area contributed by atoms with E-state index < -0.39 is 17.0 Å². The summed E-state index contributed by atoms with van der Waals surface area (Å²) in [4.78, 5) is 30.9. The van der Waals surface area contributed by atoms with Gasteiger partial charge in [0.25, 0.3) is 5.91 Å². The summed E-state index contributed by atoms with van der Waals surface area (Å²) in [5.74, 6) is -0.861. The molecule has 1 aliphatic carbocycles. The second-order valence-corrected chi connectivity index (χ2v) is 10.2. The third-order valence-electron chi connectivity index (χ3n) is 7.78. The van der Waals surface area contributed by atoms with Crippen LogP contribution in [0.4, 0.5) is 15.8 Å². The monoisotopic (exact) mass is 450 g/mol. The molecule has 1 unspecified atom stereocenters. The van der Waals surface area contributed by atoms with E-state index in [1.807, 2.05) is 32.0 Å². The third-order valence-corrected chi connectivity index (χ3v) is 7.78. The van der Waals surface area contributed by atoms with Crippen LogP contribution in [0.2, 0.25) is 0 Å². The normalized spacial score (nSPS) is 28.0. The fraction of sp³-hybridized carbons (Fsp3) is 0.481. The molecule has 1 N–H and O–H groups in total. The molecular weight excluding hydrogens is 419 g/mol. The summed E-state index contributed by atoms with van der Waals surface area (Å²) in [5.41, 5.74) is 0.504. The van der Waals surface area contributed by atoms with Gasteiger partial charge in [0.1, 0.15) is 11.4 Å². The molecule has 0 radical (unpaired) electrons. The molecule has 1 spiro atoms. The average Bonchev–Trinajstić information content (AvgIpc) is 3.00. The van der Waals surface area contributed by atoms with Crippen molar-refractivity contribution in [1.29, 1.82) is 0 Å². The van der Waals surface area contributed by atoms with Crippen LogP contribution in [-0.2, 0) is 15.1 Å². The Hall–Kier alpha value is -2.73. The van der Waals surface area contributed by atoms with E-state index in [4.69, 9.17) is 0 Å². The van der Waals surface area contributed by atoms with Crippen molar-refractivity contribution in [2.45, 2.75) is 76.5 Å². The SMILES string of the molecule is Cc1ccc(N2CC(=O)C[C@](C)(O)C23C(=O)N(C2CCCCC2)c2ccc(F)cc23)c(C)c1. The molecule has 0 aromatic heterocycles. The van der Waals surface area contributed by atoms with E-state index in [9.17, 15) is 19.1 Å². The van der Waals surface area contributed by atoms with Gasteiger partial charge in [-0.1, -0.05) is 37.0 Å². The van der Waals surface area contributed by atoms with Gasteiger partial charge in [-0.3, -0.25) is 9.59 Å². The Kier molecular flexibility index (Phi) is 5.12. The smallest absolute Gasteiger partial charge is 0.260 e. The number of ketones is 1. The second kappa shape index (κ2) is 7.66. The number of carbonyl (C=O) groups excluding carboxylic acids is 2. The van der Waals surface area contributed by atoms with Crippen LogP contribution < -0.4 is 9.80 Å². The molecule has 5 rings (SSSR count). The molecule has 5 nitrogen and oxygen atoms in total. The molecule has 2 aliphatic heterocycles. The van der Waals surface area contributed by atoms with Gasteiger partial charge in [-0.15, -0.1) is 0 Å². The van der Waals surface area contributed by atoms with Gasteiger partial charge < -0.3 is 14.9 Å². The topological polar surface area (TPSA) is 60.9 Å². The first-order chi connectivity index (χ1) is 15.7. The van der Waals surface area contributed by atoms with E-state index in [0.717, 1.165) is 43.2 Å². The first kappa shape index (κ1) is 22.1. The average molecular weight is 451 g/mol. The van der Waals surface area contributed by atoms with Crippen LogP contribution in [0.3, 0.4) is 0 Å². The fourth-order valence-electron chi connectivity index (χ4n) is 6.42. The summed E-state index contributed by atoms with van der Waals surface area (Å²) in [6.45, 7) is 5.46. The second-order valence-electron chi connectivity index (χ2n) is 10.2. The van der Waals surface area contributed by atoms with E-state index in [0.29, 0.717) is 16.9 Å². The molecule has 1 saturated heterocycles. The van der Waals surface area contributed by atoms with Crippen molar-refractivity contribution in [2.24, 2.45) is 0 Å². The number of carbonyl (C=O) groups is 2. The maximum absolute atomic E-state index is 14.7. The molecule has 1 amide bonds. The molecule has 33 heavy (non-hydrogen) atoms. The fourth-order valence-corrected chi connectivity index (χ4v) is 6.42. The predicted molar refractivity (Wildman–Crippen MR) is 126 cm³/mol. The molecule has 2 aromatic carbocycles. The van der Waals surface area contributed by atoms with Gasteiger partial charge in [0, 0.05) is 23.7 Å². The van der Waals surface area contributed by atoms with E-state index in [1.165, 1.54) is 12.1 Å². The summed E-state index contributed by atoms with van der Waals surface area (Å²) < 4.78 is 14.7. The number of anilines is 2. The molecule has 174 valence electrons. The summed E-state index contributed by atoms with van der Waals surface area (Å²) >= 11 is 0. The van der Waals surface area contributed by atoms with E-state index in [1.54, 1.807) is 22.8 Å². The lowest BCUT2D eigenvalue weighted by molar-refractivity contribution is -0.143. The molecule has 6 heteroatoms. The Bertz CT molecular complexity index is 1140. The summed E-state index contributed by atoms with van der Waals surface area (Å²) in [5, 5.41) is 11.9. The number of fused-ring (bicyclic) bond motifs is 2. The van der Waals surface area contributed by atoms with Gasteiger partial charge in [-0.05, 0) is 63.4 Å². The minimum atomic E-state index is -1.71. The van der Waals surface area contributed by atoms with Crippen LogP contribution in [-0.4, -0.2) is 35.0 Å². The minimum absolute atomic E-state index is 0.00392. The highest BCUT2D eigenvalue weighted by Gasteiger charge is 2.68. The van der Waals surface area contributed by atoms with Crippen molar-refractivity contribution in [3.8, 4) is 0 Å². The summed E-state index contributed by atoms with van der Waals surface area (Å²) in [6, 6.07) is 10.3. The van der Waals surface area contributed by atoms with E-state index >= 15 is 0 Å². The zero-order valence-corrected chi connectivity index (χ0v) is 19.5. The number of halogens is 1. The molecule has 3 aliphatic rings. The number of aryl methyl sites for hydroxylation is 2. The predicted octanol–water partition coefficient (Wildman–Crippen LogP) is 4.55. The maximum Gasteiger partial charge on any atom is 0.260 e. The number of piperidine rings is 1. The Morgan fingerprint density at radius 2 is 1.70 bits per heavy atom. The number of hydrogen-bond acceptors (Lipinski definition) is 4. The van der Waals surface area contributed by atoms with Crippen molar-refractivity contribution in [3.05, 3.63) is 58.9 Å². The van der Waals surface area contributed by atoms with Crippen LogP contribution in [0.15, 0.2) is 36.4 Å².